The molecule has 5 aromatic rings. The van der Waals surface area contributed by atoms with E-state index in [9.17, 15) is 0 Å². The summed E-state index contributed by atoms with van der Waals surface area (Å²) >= 11 is 0. The molecule has 2 fully saturated rings. The summed E-state index contributed by atoms with van der Waals surface area (Å²) in [6.45, 7) is 2.12. The standard InChI is InChI=1S/C31H29N7/c1-3-25(32-13-1)30-35-18-28(37-30)22-10-7-20(8-11-22)5-6-21-9-12-23-16-24(17-34-27(23)15-21)29-19-36-31(38-29)26-4-2-14-33-26/h7-12,15-19,25-26,32-33H,1-4,13-14H2,(H,35,37)(H,36,38)/t25-,26-/m0/s1. The van der Waals surface area contributed by atoms with Crippen molar-refractivity contribution >= 4 is 10.9 Å². The Morgan fingerprint density at radius 2 is 1.26 bits per heavy atom. The first-order valence-corrected chi connectivity index (χ1v) is 13.4. The predicted molar refractivity (Wildman–Crippen MR) is 149 cm³/mol. The third-order valence-corrected chi connectivity index (χ3v) is 7.51. The van der Waals surface area contributed by atoms with Gasteiger partial charge in [-0.15, -0.1) is 0 Å². The van der Waals surface area contributed by atoms with E-state index < -0.39 is 0 Å². The maximum absolute atomic E-state index is 4.71. The smallest absolute Gasteiger partial charge is 0.123 e. The van der Waals surface area contributed by atoms with Crippen molar-refractivity contribution in [1.29, 1.82) is 0 Å². The Morgan fingerprint density at radius 3 is 1.92 bits per heavy atom. The zero-order valence-electron chi connectivity index (χ0n) is 21.1. The fourth-order valence-electron chi connectivity index (χ4n) is 5.38. The second-order valence-corrected chi connectivity index (χ2v) is 10.1. The number of benzene rings is 2. The Morgan fingerprint density at radius 1 is 0.632 bits per heavy atom. The third-order valence-electron chi connectivity index (χ3n) is 7.51. The molecule has 0 saturated carbocycles. The van der Waals surface area contributed by atoms with E-state index in [0.717, 1.165) is 82.1 Å². The lowest BCUT2D eigenvalue weighted by molar-refractivity contribution is 0.613. The maximum atomic E-state index is 4.71. The van der Waals surface area contributed by atoms with Gasteiger partial charge in [0.25, 0.3) is 0 Å². The van der Waals surface area contributed by atoms with Crippen LogP contribution in [0.15, 0.2) is 67.1 Å². The number of H-pyrrole nitrogens is 2. The van der Waals surface area contributed by atoms with Crippen LogP contribution in [0.3, 0.4) is 0 Å². The van der Waals surface area contributed by atoms with E-state index in [4.69, 9.17) is 4.98 Å². The number of fused-ring (bicyclic) bond motifs is 1. The van der Waals surface area contributed by atoms with Crippen molar-refractivity contribution in [2.45, 2.75) is 37.8 Å². The minimum atomic E-state index is 0.326. The summed E-state index contributed by atoms with van der Waals surface area (Å²) < 4.78 is 0. The molecule has 38 heavy (non-hydrogen) atoms. The Hall–Kier alpha value is -4.25. The van der Waals surface area contributed by atoms with Crippen LogP contribution in [0.25, 0.3) is 33.4 Å². The van der Waals surface area contributed by atoms with Crippen LogP contribution in [-0.2, 0) is 0 Å². The van der Waals surface area contributed by atoms with E-state index >= 15 is 0 Å². The van der Waals surface area contributed by atoms with Crippen LogP contribution < -0.4 is 10.6 Å². The van der Waals surface area contributed by atoms with E-state index in [1.807, 2.05) is 24.7 Å². The molecule has 2 atom stereocenters. The van der Waals surface area contributed by atoms with E-state index in [1.54, 1.807) is 0 Å². The van der Waals surface area contributed by atoms with Crippen molar-refractivity contribution < 1.29 is 0 Å². The zero-order chi connectivity index (χ0) is 25.3. The molecule has 0 aliphatic carbocycles. The predicted octanol–water partition coefficient (Wildman–Crippen LogP) is 5.26. The number of hydrogen-bond acceptors (Lipinski definition) is 5. The monoisotopic (exact) mass is 499 g/mol. The van der Waals surface area contributed by atoms with Crippen molar-refractivity contribution in [3.8, 4) is 34.4 Å². The lowest BCUT2D eigenvalue weighted by Gasteiger charge is -2.06. The van der Waals surface area contributed by atoms with Crippen LogP contribution >= 0.6 is 0 Å². The van der Waals surface area contributed by atoms with Crippen molar-refractivity contribution in [3.05, 3.63) is 89.9 Å². The SMILES string of the molecule is C(#Cc1ccc2cc(-c3cnc([C@@H]4CCCN4)[nH]3)cnc2c1)c1ccc(-c2cnc([C@@H]3CCCN3)[nH]2)cc1. The Labute approximate surface area is 221 Å². The summed E-state index contributed by atoms with van der Waals surface area (Å²) in [5, 5.41) is 8.06. The molecule has 5 heterocycles. The van der Waals surface area contributed by atoms with Gasteiger partial charge in [-0.2, -0.15) is 0 Å². The number of imidazole rings is 2. The van der Waals surface area contributed by atoms with E-state index in [-0.39, 0.29) is 0 Å². The van der Waals surface area contributed by atoms with E-state index in [1.165, 1.54) is 12.8 Å². The molecule has 188 valence electrons. The molecule has 2 aromatic carbocycles. The number of nitrogens with zero attached hydrogens (tertiary/aromatic N) is 3. The van der Waals surface area contributed by atoms with Gasteiger partial charge in [0.15, 0.2) is 0 Å². The molecule has 7 heteroatoms. The molecular weight excluding hydrogens is 470 g/mol. The van der Waals surface area contributed by atoms with Gasteiger partial charge < -0.3 is 20.6 Å². The third kappa shape index (κ3) is 4.60. The maximum Gasteiger partial charge on any atom is 0.123 e. The second kappa shape index (κ2) is 9.90. The summed E-state index contributed by atoms with van der Waals surface area (Å²) in [7, 11) is 0. The van der Waals surface area contributed by atoms with Crippen LogP contribution in [0.5, 0.6) is 0 Å². The lowest BCUT2D eigenvalue weighted by Crippen LogP contribution is -2.14. The van der Waals surface area contributed by atoms with E-state index in [0.29, 0.717) is 12.1 Å². The van der Waals surface area contributed by atoms with Gasteiger partial charge in [-0.3, -0.25) is 4.98 Å². The van der Waals surface area contributed by atoms with Crippen molar-refractivity contribution in [3.63, 3.8) is 0 Å². The van der Waals surface area contributed by atoms with Crippen LogP contribution in [-0.4, -0.2) is 38.0 Å². The zero-order valence-corrected chi connectivity index (χ0v) is 21.1. The Bertz CT molecular complexity index is 1640. The highest BCUT2D eigenvalue weighted by atomic mass is 15.0. The summed E-state index contributed by atoms with van der Waals surface area (Å²) in [6, 6.07) is 17.3. The molecule has 2 aliphatic rings. The molecule has 4 N–H and O–H groups in total. The van der Waals surface area contributed by atoms with Gasteiger partial charge in [-0.25, -0.2) is 9.97 Å². The Balaban J connectivity index is 1.06. The van der Waals surface area contributed by atoms with Crippen molar-refractivity contribution in [1.82, 2.24) is 35.6 Å². The molecular formula is C31H29N7. The first kappa shape index (κ1) is 22.9. The largest absolute Gasteiger partial charge is 0.341 e. The van der Waals surface area contributed by atoms with Gasteiger partial charge in [-0.05, 0) is 74.7 Å². The first-order valence-electron chi connectivity index (χ1n) is 13.4. The second-order valence-electron chi connectivity index (χ2n) is 10.1. The van der Waals surface area contributed by atoms with E-state index in [2.05, 4.69) is 84.9 Å². The van der Waals surface area contributed by atoms with Crippen molar-refractivity contribution in [2.24, 2.45) is 0 Å². The minimum Gasteiger partial charge on any atom is -0.341 e. The number of aromatic nitrogens is 5. The molecule has 3 aromatic heterocycles. The fraction of sp³-hybridized carbons (Fsp3) is 0.258. The number of aromatic amines is 2. The molecule has 0 unspecified atom stereocenters. The van der Waals surface area contributed by atoms with Crippen LogP contribution in [0, 0.1) is 11.8 Å². The molecule has 2 aliphatic heterocycles. The fourth-order valence-corrected chi connectivity index (χ4v) is 5.38. The number of hydrogen-bond donors (Lipinski definition) is 4. The summed E-state index contributed by atoms with van der Waals surface area (Å²) in [5.74, 6) is 8.61. The van der Waals surface area contributed by atoms with Gasteiger partial charge in [0.2, 0.25) is 0 Å². The first-order chi connectivity index (χ1) is 18.8. The summed E-state index contributed by atoms with van der Waals surface area (Å²) in [6.07, 6.45) is 10.4. The van der Waals surface area contributed by atoms with Crippen LogP contribution in [0.4, 0.5) is 0 Å². The molecule has 0 amide bonds. The van der Waals surface area contributed by atoms with Crippen LogP contribution in [0.1, 0.15) is 60.5 Å². The van der Waals surface area contributed by atoms with Gasteiger partial charge >= 0.3 is 0 Å². The summed E-state index contributed by atoms with van der Waals surface area (Å²) in [5.41, 5.74) is 7.03. The highest BCUT2D eigenvalue weighted by molar-refractivity contribution is 5.84. The normalized spacial score (nSPS) is 19.1. The molecule has 7 nitrogen and oxygen atoms in total. The van der Waals surface area contributed by atoms with Gasteiger partial charge in [0.1, 0.15) is 11.6 Å². The molecule has 0 bridgehead atoms. The van der Waals surface area contributed by atoms with Gasteiger partial charge in [0, 0.05) is 28.3 Å². The van der Waals surface area contributed by atoms with Crippen molar-refractivity contribution in [2.75, 3.05) is 13.1 Å². The number of rotatable bonds is 4. The molecule has 0 spiro atoms. The van der Waals surface area contributed by atoms with Gasteiger partial charge in [-0.1, -0.05) is 30.0 Å². The Kier molecular flexibility index (Phi) is 5.97. The number of nitrogens with one attached hydrogen (secondary N) is 4. The van der Waals surface area contributed by atoms with Crippen LogP contribution in [0.2, 0.25) is 0 Å². The molecule has 7 rings (SSSR count). The summed E-state index contributed by atoms with van der Waals surface area (Å²) in [4.78, 5) is 20.8. The highest BCUT2D eigenvalue weighted by Gasteiger charge is 2.20. The topological polar surface area (TPSA) is 94.3 Å². The quantitative estimate of drug-likeness (QED) is 0.253. The number of pyridine rings is 1. The molecule has 0 radical (unpaired) electrons. The average molecular weight is 500 g/mol. The average Bonchev–Trinajstić information content (AvgIpc) is 3.77. The van der Waals surface area contributed by atoms with Gasteiger partial charge in [0.05, 0.1) is 41.4 Å². The minimum absolute atomic E-state index is 0.326. The molecule has 2 saturated heterocycles. The lowest BCUT2D eigenvalue weighted by atomic mass is 10.1. The highest BCUT2D eigenvalue weighted by Crippen LogP contribution is 2.27.